The van der Waals surface area contributed by atoms with Crippen LogP contribution in [-0.2, 0) is 6.54 Å². The molecule has 2 aromatic heterocycles. The fourth-order valence-corrected chi connectivity index (χ4v) is 2.10. The van der Waals surface area contributed by atoms with Crippen LogP contribution in [0, 0.1) is 0 Å². The Morgan fingerprint density at radius 3 is 2.85 bits per heavy atom. The first-order chi connectivity index (χ1) is 9.66. The molecule has 0 amide bonds. The van der Waals surface area contributed by atoms with Crippen LogP contribution in [0.2, 0.25) is 0 Å². The lowest BCUT2D eigenvalue weighted by atomic mass is 10.2. The topological polar surface area (TPSA) is 101 Å². The predicted octanol–water partition coefficient (Wildman–Crippen LogP) is 0.866. The zero-order chi connectivity index (χ0) is 14.1. The van der Waals surface area contributed by atoms with Crippen LogP contribution < -0.4 is 5.69 Å². The number of hydrogen-bond donors (Lipinski definition) is 2. The van der Waals surface area contributed by atoms with Gasteiger partial charge in [0.2, 0.25) is 0 Å². The van der Waals surface area contributed by atoms with E-state index in [1.54, 1.807) is 30.5 Å². The van der Waals surface area contributed by atoms with Crippen LogP contribution in [0.25, 0.3) is 11.0 Å². The van der Waals surface area contributed by atoms with Gasteiger partial charge in [0, 0.05) is 6.20 Å². The molecule has 0 aliphatic heterocycles. The van der Waals surface area contributed by atoms with Crippen molar-refractivity contribution in [3.8, 4) is 0 Å². The number of fused-ring (bicyclic) bond motifs is 1. The Bertz CT molecular complexity index is 836. The molecule has 0 saturated carbocycles. The van der Waals surface area contributed by atoms with Crippen molar-refractivity contribution in [2.24, 2.45) is 0 Å². The third-order valence-corrected chi connectivity index (χ3v) is 2.99. The molecule has 0 aliphatic carbocycles. The summed E-state index contributed by atoms with van der Waals surface area (Å²) in [4.78, 5) is 25.7. The van der Waals surface area contributed by atoms with Crippen molar-refractivity contribution in [2.75, 3.05) is 0 Å². The maximum absolute atomic E-state index is 12.0. The Morgan fingerprint density at radius 1 is 1.30 bits per heavy atom. The molecule has 1 aromatic carbocycles. The highest BCUT2D eigenvalue weighted by atomic mass is 16.4. The summed E-state index contributed by atoms with van der Waals surface area (Å²) < 4.78 is 1.44. The van der Waals surface area contributed by atoms with Crippen molar-refractivity contribution in [2.45, 2.75) is 6.54 Å². The monoisotopic (exact) mass is 270 g/mol. The maximum Gasteiger partial charge on any atom is 0.337 e. The number of aromatic carboxylic acids is 1. The van der Waals surface area contributed by atoms with Crippen LogP contribution in [-0.4, -0.2) is 30.8 Å². The van der Waals surface area contributed by atoms with Crippen LogP contribution >= 0.6 is 0 Å². The number of nitrogens with zero attached hydrogens (tertiary/aromatic N) is 3. The molecular formula is C13H10N4O3. The molecule has 0 fully saturated rings. The fraction of sp³-hybridized carbons (Fsp3) is 0.0769. The molecule has 0 aliphatic rings. The summed E-state index contributed by atoms with van der Waals surface area (Å²) in [6.45, 7) is 0.232. The van der Waals surface area contributed by atoms with Crippen LogP contribution in [0.3, 0.4) is 0 Å². The van der Waals surface area contributed by atoms with Crippen LogP contribution in [0.1, 0.15) is 16.1 Å². The van der Waals surface area contributed by atoms with Gasteiger partial charge < -0.3 is 10.1 Å². The highest BCUT2D eigenvalue weighted by molar-refractivity contribution is 6.00. The number of aromatic nitrogens is 4. The van der Waals surface area contributed by atoms with Crippen molar-refractivity contribution in [3.63, 3.8) is 0 Å². The summed E-state index contributed by atoms with van der Waals surface area (Å²) in [5, 5.41) is 16.8. The van der Waals surface area contributed by atoms with Gasteiger partial charge in [0.15, 0.2) is 0 Å². The number of carbonyl (C=O) groups is 1. The number of carboxylic acids is 1. The highest BCUT2D eigenvalue weighted by Gasteiger charge is 2.14. The largest absolute Gasteiger partial charge is 0.478 e. The van der Waals surface area contributed by atoms with E-state index in [-0.39, 0.29) is 17.8 Å². The minimum absolute atomic E-state index is 0.0671. The molecule has 0 saturated heterocycles. The number of imidazole rings is 1. The van der Waals surface area contributed by atoms with Gasteiger partial charge in [0.05, 0.1) is 28.8 Å². The molecule has 7 nitrogen and oxygen atoms in total. The average Bonchev–Trinajstić information content (AvgIpc) is 2.76. The Labute approximate surface area is 112 Å². The summed E-state index contributed by atoms with van der Waals surface area (Å²) >= 11 is 0. The molecule has 2 heterocycles. The molecular weight excluding hydrogens is 260 g/mol. The first-order valence-corrected chi connectivity index (χ1v) is 5.88. The summed E-state index contributed by atoms with van der Waals surface area (Å²) in [5.74, 6) is -1.08. The van der Waals surface area contributed by atoms with E-state index >= 15 is 0 Å². The molecule has 3 aromatic rings. The minimum Gasteiger partial charge on any atom is -0.478 e. The summed E-state index contributed by atoms with van der Waals surface area (Å²) in [6, 6.07) is 8.22. The highest BCUT2D eigenvalue weighted by Crippen LogP contribution is 2.16. The number of carboxylic acid groups (broad SMARTS) is 1. The average molecular weight is 270 g/mol. The van der Waals surface area contributed by atoms with Crippen molar-refractivity contribution in [1.29, 1.82) is 0 Å². The normalized spacial score (nSPS) is 10.8. The standard InChI is InChI=1S/C13H10N4O3/c18-12(19)9-4-1-5-10-11(9)15-13(20)17(10)7-8-3-2-6-14-16-8/h1-6H,7H2,(H,15,20)(H,18,19). The molecule has 0 radical (unpaired) electrons. The third-order valence-electron chi connectivity index (χ3n) is 2.99. The van der Waals surface area contributed by atoms with Gasteiger partial charge in [-0.1, -0.05) is 6.07 Å². The Kier molecular flexibility index (Phi) is 2.79. The van der Waals surface area contributed by atoms with E-state index < -0.39 is 5.97 Å². The number of hydrogen-bond acceptors (Lipinski definition) is 4. The van der Waals surface area contributed by atoms with E-state index in [2.05, 4.69) is 15.2 Å². The second-order valence-corrected chi connectivity index (χ2v) is 4.24. The second kappa shape index (κ2) is 4.61. The van der Waals surface area contributed by atoms with Gasteiger partial charge in [-0.15, -0.1) is 0 Å². The maximum atomic E-state index is 12.0. The molecule has 20 heavy (non-hydrogen) atoms. The molecule has 0 unspecified atom stereocenters. The van der Waals surface area contributed by atoms with Gasteiger partial charge in [0.25, 0.3) is 0 Å². The summed E-state index contributed by atoms with van der Waals surface area (Å²) in [6.07, 6.45) is 1.55. The predicted molar refractivity (Wildman–Crippen MR) is 70.7 cm³/mol. The third kappa shape index (κ3) is 1.95. The first kappa shape index (κ1) is 12.1. The van der Waals surface area contributed by atoms with Gasteiger partial charge in [-0.25, -0.2) is 9.59 Å². The van der Waals surface area contributed by atoms with E-state index in [0.29, 0.717) is 16.7 Å². The van der Waals surface area contributed by atoms with E-state index in [1.807, 2.05) is 0 Å². The summed E-state index contributed by atoms with van der Waals surface area (Å²) in [7, 11) is 0. The molecule has 0 spiro atoms. The van der Waals surface area contributed by atoms with Gasteiger partial charge in [-0.3, -0.25) is 4.57 Å². The van der Waals surface area contributed by atoms with E-state index in [1.165, 1.54) is 10.6 Å². The van der Waals surface area contributed by atoms with Crippen LogP contribution in [0.15, 0.2) is 41.3 Å². The Balaban J connectivity index is 2.17. The van der Waals surface area contributed by atoms with Crippen molar-refractivity contribution < 1.29 is 9.90 Å². The molecule has 100 valence electrons. The molecule has 0 bridgehead atoms. The number of benzene rings is 1. The van der Waals surface area contributed by atoms with Gasteiger partial charge in [0.1, 0.15) is 0 Å². The number of rotatable bonds is 3. The van der Waals surface area contributed by atoms with E-state index in [9.17, 15) is 9.59 Å². The van der Waals surface area contributed by atoms with Crippen LogP contribution in [0.4, 0.5) is 0 Å². The molecule has 0 atom stereocenters. The lowest BCUT2D eigenvalue weighted by Crippen LogP contribution is -2.18. The van der Waals surface area contributed by atoms with Crippen molar-refractivity contribution in [3.05, 3.63) is 58.3 Å². The number of nitrogens with one attached hydrogen (secondary N) is 1. The minimum atomic E-state index is -1.08. The Morgan fingerprint density at radius 2 is 2.15 bits per heavy atom. The Hall–Kier alpha value is -2.96. The van der Waals surface area contributed by atoms with E-state index in [4.69, 9.17) is 5.11 Å². The fourth-order valence-electron chi connectivity index (χ4n) is 2.10. The van der Waals surface area contributed by atoms with Crippen molar-refractivity contribution >= 4 is 17.0 Å². The number of aromatic amines is 1. The second-order valence-electron chi connectivity index (χ2n) is 4.24. The SMILES string of the molecule is O=C(O)c1cccc2c1[nH]c(=O)n2Cc1cccnn1. The van der Waals surface area contributed by atoms with Crippen molar-refractivity contribution in [1.82, 2.24) is 19.7 Å². The zero-order valence-corrected chi connectivity index (χ0v) is 10.3. The number of H-pyrrole nitrogens is 1. The lowest BCUT2D eigenvalue weighted by Gasteiger charge is -2.02. The van der Waals surface area contributed by atoms with Gasteiger partial charge >= 0.3 is 11.7 Å². The molecule has 7 heteroatoms. The van der Waals surface area contributed by atoms with Gasteiger partial charge in [-0.2, -0.15) is 10.2 Å². The van der Waals surface area contributed by atoms with E-state index in [0.717, 1.165) is 0 Å². The molecule has 2 N–H and O–H groups in total. The number of para-hydroxylation sites is 1. The smallest absolute Gasteiger partial charge is 0.337 e. The zero-order valence-electron chi connectivity index (χ0n) is 10.3. The quantitative estimate of drug-likeness (QED) is 0.735. The molecule has 3 rings (SSSR count). The first-order valence-electron chi connectivity index (χ1n) is 5.88. The lowest BCUT2D eigenvalue weighted by molar-refractivity contribution is 0.0699. The van der Waals surface area contributed by atoms with Gasteiger partial charge in [-0.05, 0) is 24.3 Å². The summed E-state index contributed by atoms with van der Waals surface area (Å²) in [5.41, 5.74) is 1.16. The van der Waals surface area contributed by atoms with Crippen LogP contribution in [0.5, 0.6) is 0 Å².